The number of para-hydroxylation sites is 2. The molecule has 1 unspecified atom stereocenters. The van der Waals surface area contributed by atoms with Crippen LogP contribution in [0.15, 0.2) is 77.7 Å². The number of carbonyl (C=O) groups is 2. The zero-order valence-corrected chi connectivity index (χ0v) is 18.4. The molecule has 0 saturated heterocycles. The maximum atomic E-state index is 12.5. The van der Waals surface area contributed by atoms with Gasteiger partial charge in [-0.1, -0.05) is 12.1 Å². The molecular weight excluding hydrogens is 412 g/mol. The molecule has 0 aliphatic carbocycles. The molecule has 2 amide bonds. The number of rotatable bonds is 8. The van der Waals surface area contributed by atoms with Gasteiger partial charge < -0.3 is 20.1 Å². The van der Waals surface area contributed by atoms with Gasteiger partial charge in [0.2, 0.25) is 5.91 Å². The van der Waals surface area contributed by atoms with Crippen molar-refractivity contribution in [1.82, 2.24) is 0 Å². The maximum absolute atomic E-state index is 12.5. The first-order valence-corrected chi connectivity index (χ1v) is 10.5. The molecule has 0 saturated carbocycles. The van der Waals surface area contributed by atoms with Gasteiger partial charge in [0, 0.05) is 16.1 Å². The van der Waals surface area contributed by atoms with Crippen molar-refractivity contribution in [2.45, 2.75) is 17.1 Å². The molecule has 0 aromatic heterocycles. The highest BCUT2D eigenvalue weighted by Crippen LogP contribution is 2.28. The third-order valence-electron chi connectivity index (χ3n) is 4.51. The monoisotopic (exact) mass is 436 g/mol. The molecule has 3 aromatic rings. The highest BCUT2D eigenvalue weighted by Gasteiger charge is 2.16. The quantitative estimate of drug-likeness (QED) is 0.482. The van der Waals surface area contributed by atoms with Gasteiger partial charge in [0.15, 0.2) is 0 Å². The van der Waals surface area contributed by atoms with Crippen molar-refractivity contribution in [3.8, 4) is 11.5 Å². The molecule has 0 spiro atoms. The number of benzene rings is 3. The van der Waals surface area contributed by atoms with E-state index in [0.29, 0.717) is 28.4 Å². The van der Waals surface area contributed by atoms with Gasteiger partial charge in [0.1, 0.15) is 11.5 Å². The number of ether oxygens (including phenoxy) is 2. The number of thioether (sulfide) groups is 1. The standard InChI is InChI=1S/C24H24N2O4S/c1-16(23(27)26-21-6-4-5-7-22(21)30-3)31-20-14-10-18(11-15-20)25-24(28)17-8-12-19(29-2)13-9-17/h4-16H,1-3H3,(H,25,28)(H,26,27). The number of amides is 2. The van der Waals surface area contributed by atoms with Crippen molar-refractivity contribution in [1.29, 1.82) is 0 Å². The molecule has 1 atom stereocenters. The molecule has 160 valence electrons. The lowest BCUT2D eigenvalue weighted by Gasteiger charge is -2.14. The van der Waals surface area contributed by atoms with Crippen LogP contribution in [0.1, 0.15) is 17.3 Å². The summed E-state index contributed by atoms with van der Waals surface area (Å²) < 4.78 is 10.4. The fourth-order valence-corrected chi connectivity index (χ4v) is 3.67. The van der Waals surface area contributed by atoms with E-state index < -0.39 is 0 Å². The summed E-state index contributed by atoms with van der Waals surface area (Å²) in [5.74, 6) is 0.991. The van der Waals surface area contributed by atoms with Crippen LogP contribution < -0.4 is 20.1 Å². The van der Waals surface area contributed by atoms with Crippen LogP contribution in [0.4, 0.5) is 11.4 Å². The van der Waals surface area contributed by atoms with Gasteiger partial charge in [-0.05, 0) is 67.6 Å². The van der Waals surface area contributed by atoms with Crippen LogP contribution in [-0.4, -0.2) is 31.3 Å². The van der Waals surface area contributed by atoms with Crippen LogP contribution in [0.3, 0.4) is 0 Å². The molecule has 0 aliphatic heterocycles. The normalized spacial score (nSPS) is 11.3. The molecule has 0 aliphatic rings. The second-order valence-corrected chi connectivity index (χ2v) is 8.07. The SMILES string of the molecule is COc1ccc(C(=O)Nc2ccc(SC(C)C(=O)Nc3ccccc3OC)cc2)cc1. The Labute approximate surface area is 186 Å². The predicted octanol–water partition coefficient (Wildman–Crippen LogP) is 5.08. The molecule has 0 bridgehead atoms. The van der Waals surface area contributed by atoms with Crippen LogP contribution in [0, 0.1) is 0 Å². The minimum atomic E-state index is -0.315. The fourth-order valence-electron chi connectivity index (χ4n) is 2.80. The van der Waals surface area contributed by atoms with Gasteiger partial charge in [-0.2, -0.15) is 0 Å². The maximum Gasteiger partial charge on any atom is 0.255 e. The molecular formula is C24H24N2O4S. The van der Waals surface area contributed by atoms with E-state index in [1.165, 1.54) is 11.8 Å². The molecule has 3 aromatic carbocycles. The Morgan fingerprint density at radius 1 is 0.839 bits per heavy atom. The van der Waals surface area contributed by atoms with Crippen molar-refractivity contribution in [3.05, 3.63) is 78.4 Å². The second-order valence-electron chi connectivity index (χ2n) is 6.66. The minimum absolute atomic E-state index is 0.119. The number of hydrogen-bond acceptors (Lipinski definition) is 5. The average molecular weight is 437 g/mol. The first-order valence-electron chi connectivity index (χ1n) is 9.66. The largest absolute Gasteiger partial charge is 0.497 e. The summed E-state index contributed by atoms with van der Waals surface area (Å²) in [6.45, 7) is 1.84. The van der Waals surface area contributed by atoms with Crippen molar-refractivity contribution >= 4 is 35.0 Å². The predicted molar refractivity (Wildman–Crippen MR) is 124 cm³/mol. The highest BCUT2D eigenvalue weighted by atomic mass is 32.2. The lowest BCUT2D eigenvalue weighted by molar-refractivity contribution is -0.115. The van der Waals surface area contributed by atoms with E-state index >= 15 is 0 Å². The number of anilines is 2. The van der Waals surface area contributed by atoms with E-state index in [9.17, 15) is 9.59 Å². The van der Waals surface area contributed by atoms with Gasteiger partial charge in [-0.25, -0.2) is 0 Å². The summed E-state index contributed by atoms with van der Waals surface area (Å²) in [7, 11) is 3.15. The molecule has 7 heteroatoms. The number of methoxy groups -OCH3 is 2. The Hall–Kier alpha value is -3.45. The summed E-state index contributed by atoms with van der Waals surface area (Å²) in [6.07, 6.45) is 0. The van der Waals surface area contributed by atoms with Crippen LogP contribution in [-0.2, 0) is 4.79 Å². The smallest absolute Gasteiger partial charge is 0.255 e. The van der Waals surface area contributed by atoms with Gasteiger partial charge in [0.25, 0.3) is 5.91 Å². The van der Waals surface area contributed by atoms with Crippen LogP contribution in [0.25, 0.3) is 0 Å². The summed E-state index contributed by atoms with van der Waals surface area (Å²) >= 11 is 1.43. The van der Waals surface area contributed by atoms with Crippen molar-refractivity contribution in [2.24, 2.45) is 0 Å². The number of carbonyl (C=O) groups excluding carboxylic acids is 2. The minimum Gasteiger partial charge on any atom is -0.497 e. The average Bonchev–Trinajstić information content (AvgIpc) is 2.80. The van der Waals surface area contributed by atoms with E-state index in [-0.39, 0.29) is 17.1 Å². The van der Waals surface area contributed by atoms with Gasteiger partial charge in [-0.3, -0.25) is 9.59 Å². The lowest BCUT2D eigenvalue weighted by atomic mass is 10.2. The molecule has 3 rings (SSSR count). The molecule has 31 heavy (non-hydrogen) atoms. The summed E-state index contributed by atoms with van der Waals surface area (Å²) in [4.78, 5) is 25.8. The van der Waals surface area contributed by atoms with E-state index in [1.807, 2.05) is 43.3 Å². The molecule has 6 nitrogen and oxygen atoms in total. The Balaban J connectivity index is 1.56. The number of hydrogen-bond donors (Lipinski definition) is 2. The van der Waals surface area contributed by atoms with Crippen LogP contribution in [0.2, 0.25) is 0 Å². The van der Waals surface area contributed by atoms with Crippen molar-refractivity contribution in [2.75, 3.05) is 24.9 Å². The van der Waals surface area contributed by atoms with Gasteiger partial charge in [-0.15, -0.1) is 11.8 Å². The fraction of sp³-hybridized carbons (Fsp3) is 0.167. The summed E-state index contributed by atoms with van der Waals surface area (Å²) in [5, 5.41) is 5.44. The Morgan fingerprint density at radius 2 is 1.52 bits per heavy atom. The highest BCUT2D eigenvalue weighted by molar-refractivity contribution is 8.00. The third kappa shape index (κ3) is 6.02. The zero-order chi connectivity index (χ0) is 22.2. The van der Waals surface area contributed by atoms with Gasteiger partial charge in [0.05, 0.1) is 25.2 Å². The van der Waals surface area contributed by atoms with E-state index in [2.05, 4.69) is 10.6 Å². The van der Waals surface area contributed by atoms with E-state index in [4.69, 9.17) is 9.47 Å². The third-order valence-corrected chi connectivity index (χ3v) is 5.62. The summed E-state index contributed by atoms with van der Waals surface area (Å²) in [6, 6.07) is 21.6. The Bertz CT molecular complexity index is 1040. The molecule has 0 heterocycles. The number of nitrogens with one attached hydrogen (secondary N) is 2. The topological polar surface area (TPSA) is 76.7 Å². The zero-order valence-electron chi connectivity index (χ0n) is 17.5. The lowest BCUT2D eigenvalue weighted by Crippen LogP contribution is -2.22. The Morgan fingerprint density at radius 3 is 2.16 bits per heavy atom. The molecule has 0 fully saturated rings. The molecule has 2 N–H and O–H groups in total. The van der Waals surface area contributed by atoms with Gasteiger partial charge >= 0.3 is 0 Å². The van der Waals surface area contributed by atoms with Crippen LogP contribution >= 0.6 is 11.8 Å². The second kappa shape index (κ2) is 10.5. The first-order chi connectivity index (χ1) is 15.0. The Kier molecular flexibility index (Phi) is 7.56. The van der Waals surface area contributed by atoms with E-state index in [1.54, 1.807) is 50.6 Å². The van der Waals surface area contributed by atoms with Crippen molar-refractivity contribution < 1.29 is 19.1 Å². The van der Waals surface area contributed by atoms with E-state index in [0.717, 1.165) is 4.90 Å². The van der Waals surface area contributed by atoms with Crippen LogP contribution in [0.5, 0.6) is 11.5 Å². The first kappa shape index (κ1) is 22.2. The molecule has 0 radical (unpaired) electrons. The summed E-state index contributed by atoms with van der Waals surface area (Å²) in [5.41, 5.74) is 1.86. The van der Waals surface area contributed by atoms with Crippen molar-refractivity contribution in [3.63, 3.8) is 0 Å².